The van der Waals surface area contributed by atoms with Crippen molar-refractivity contribution < 1.29 is 9.53 Å². The lowest BCUT2D eigenvalue weighted by molar-refractivity contribution is -0.0684. The lowest BCUT2D eigenvalue weighted by Gasteiger charge is -2.37. The van der Waals surface area contributed by atoms with Crippen LogP contribution in [0.5, 0.6) is 0 Å². The molecule has 2 aliphatic rings. The Bertz CT molecular complexity index is 498. The summed E-state index contributed by atoms with van der Waals surface area (Å²) in [6, 6.07) is 4.33. The van der Waals surface area contributed by atoms with Crippen LogP contribution in [-0.2, 0) is 11.3 Å². The molecular weight excluding hydrogens is 304 g/mol. The van der Waals surface area contributed by atoms with Gasteiger partial charge in [0.05, 0.1) is 12.1 Å². The van der Waals surface area contributed by atoms with Gasteiger partial charge in [0.15, 0.2) is 0 Å². The second-order valence-electron chi connectivity index (χ2n) is 5.86. The van der Waals surface area contributed by atoms with Crippen molar-refractivity contribution >= 4 is 29.1 Å². The molecule has 2 atom stereocenters. The third-order valence-corrected chi connectivity index (χ3v) is 6.34. The van der Waals surface area contributed by atoms with Crippen LogP contribution < -0.4 is 10.6 Å². The number of amides is 2. The first kappa shape index (κ1) is 15.2. The van der Waals surface area contributed by atoms with Crippen LogP contribution in [0.2, 0.25) is 0 Å². The first-order chi connectivity index (χ1) is 10.2. The second-order valence-corrected chi connectivity index (χ2v) is 8.34. The van der Waals surface area contributed by atoms with Gasteiger partial charge < -0.3 is 15.4 Å². The molecule has 0 bridgehead atoms. The summed E-state index contributed by atoms with van der Waals surface area (Å²) in [5.74, 6) is 2.25. The molecule has 0 unspecified atom stereocenters. The summed E-state index contributed by atoms with van der Waals surface area (Å²) < 4.78 is 5.98. The maximum Gasteiger partial charge on any atom is 0.315 e. The summed E-state index contributed by atoms with van der Waals surface area (Å²) in [6.45, 7) is 3.44. The van der Waals surface area contributed by atoms with E-state index in [2.05, 4.69) is 29.7 Å². The molecule has 0 saturated carbocycles. The van der Waals surface area contributed by atoms with Gasteiger partial charge in [-0.25, -0.2) is 4.79 Å². The highest BCUT2D eigenvalue weighted by molar-refractivity contribution is 7.99. The molecule has 1 aromatic rings. The number of aryl methyl sites for hydroxylation is 1. The van der Waals surface area contributed by atoms with Crippen LogP contribution in [0, 0.1) is 6.92 Å². The molecule has 1 aromatic heterocycles. The first-order valence-electron chi connectivity index (χ1n) is 7.47. The summed E-state index contributed by atoms with van der Waals surface area (Å²) >= 11 is 3.68. The number of thioether (sulfide) groups is 1. The topological polar surface area (TPSA) is 50.4 Å². The maximum absolute atomic E-state index is 12.0. The molecule has 116 valence electrons. The van der Waals surface area contributed by atoms with Gasteiger partial charge in [0.2, 0.25) is 0 Å². The molecule has 2 aliphatic heterocycles. The fourth-order valence-corrected chi connectivity index (χ4v) is 5.21. The molecule has 2 saturated heterocycles. The second kappa shape index (κ2) is 6.58. The zero-order valence-corrected chi connectivity index (χ0v) is 13.9. The van der Waals surface area contributed by atoms with Crippen LogP contribution in [0.25, 0.3) is 0 Å². The lowest BCUT2D eigenvalue weighted by atomic mass is 9.90. The van der Waals surface area contributed by atoms with Gasteiger partial charge in [-0.2, -0.15) is 11.8 Å². The van der Waals surface area contributed by atoms with E-state index in [1.807, 2.05) is 11.8 Å². The Labute approximate surface area is 134 Å². The number of thiophene rings is 1. The van der Waals surface area contributed by atoms with Gasteiger partial charge in [-0.15, -0.1) is 11.3 Å². The van der Waals surface area contributed by atoms with E-state index in [1.165, 1.54) is 15.5 Å². The Hall–Kier alpha value is -0.720. The van der Waals surface area contributed by atoms with Crippen molar-refractivity contribution in [1.29, 1.82) is 0 Å². The van der Waals surface area contributed by atoms with E-state index < -0.39 is 0 Å². The highest BCUT2D eigenvalue weighted by atomic mass is 32.2. The van der Waals surface area contributed by atoms with Crippen LogP contribution in [0.3, 0.4) is 0 Å². The Morgan fingerprint density at radius 3 is 3.14 bits per heavy atom. The van der Waals surface area contributed by atoms with Crippen molar-refractivity contribution in [3.63, 3.8) is 0 Å². The van der Waals surface area contributed by atoms with E-state index in [-0.39, 0.29) is 17.7 Å². The summed E-state index contributed by atoms with van der Waals surface area (Å²) in [6.07, 6.45) is 2.98. The Kier molecular flexibility index (Phi) is 4.76. The SMILES string of the molecule is Cc1ccc(CNC(=O)N[C@@H]2CCO[C@]3(CCSC3)C2)s1. The van der Waals surface area contributed by atoms with E-state index in [9.17, 15) is 4.79 Å². The summed E-state index contributed by atoms with van der Waals surface area (Å²) in [5, 5.41) is 6.07. The van der Waals surface area contributed by atoms with Crippen LogP contribution >= 0.6 is 23.1 Å². The minimum absolute atomic E-state index is 0.0196. The number of ether oxygens (including phenoxy) is 1. The fraction of sp³-hybridized carbons (Fsp3) is 0.667. The molecule has 0 aliphatic carbocycles. The van der Waals surface area contributed by atoms with E-state index in [1.54, 1.807) is 11.3 Å². The largest absolute Gasteiger partial charge is 0.374 e. The number of nitrogens with one attached hydrogen (secondary N) is 2. The van der Waals surface area contributed by atoms with Crippen LogP contribution in [0.4, 0.5) is 4.79 Å². The summed E-state index contributed by atoms with van der Waals surface area (Å²) in [4.78, 5) is 14.5. The molecule has 3 rings (SSSR count). The fourth-order valence-electron chi connectivity index (χ4n) is 3.00. The predicted octanol–water partition coefficient (Wildman–Crippen LogP) is 2.91. The van der Waals surface area contributed by atoms with E-state index in [4.69, 9.17) is 4.74 Å². The molecule has 2 N–H and O–H groups in total. The van der Waals surface area contributed by atoms with Crippen LogP contribution in [0.15, 0.2) is 12.1 Å². The van der Waals surface area contributed by atoms with Gasteiger partial charge in [-0.05, 0) is 44.1 Å². The lowest BCUT2D eigenvalue weighted by Crippen LogP contribution is -2.50. The molecule has 2 amide bonds. The third-order valence-electron chi connectivity index (χ3n) is 4.11. The van der Waals surface area contributed by atoms with Crippen molar-refractivity contribution in [2.45, 2.75) is 44.4 Å². The Morgan fingerprint density at radius 1 is 1.52 bits per heavy atom. The molecular formula is C15H22N2O2S2. The smallest absolute Gasteiger partial charge is 0.315 e. The molecule has 3 heterocycles. The predicted molar refractivity (Wildman–Crippen MR) is 88.1 cm³/mol. The highest BCUT2D eigenvalue weighted by Crippen LogP contribution is 2.38. The summed E-state index contributed by atoms with van der Waals surface area (Å²) in [7, 11) is 0. The van der Waals surface area contributed by atoms with Gasteiger partial charge in [-0.1, -0.05) is 0 Å². The van der Waals surface area contributed by atoms with Crippen LogP contribution in [-0.4, -0.2) is 35.8 Å². The van der Waals surface area contributed by atoms with E-state index in [0.29, 0.717) is 6.54 Å². The Morgan fingerprint density at radius 2 is 2.43 bits per heavy atom. The number of carbonyl (C=O) groups is 1. The first-order valence-corrected chi connectivity index (χ1v) is 9.44. The normalized spacial score (nSPS) is 28.7. The van der Waals surface area contributed by atoms with Crippen LogP contribution in [0.1, 0.15) is 29.0 Å². The van der Waals surface area contributed by atoms with Gasteiger partial charge >= 0.3 is 6.03 Å². The minimum atomic E-state index is -0.0613. The number of carbonyl (C=O) groups excluding carboxylic acids is 1. The number of hydrogen-bond acceptors (Lipinski definition) is 4. The quantitative estimate of drug-likeness (QED) is 0.898. The van der Waals surface area contributed by atoms with E-state index in [0.717, 1.165) is 31.6 Å². The van der Waals surface area contributed by atoms with Crippen molar-refractivity contribution in [3.05, 3.63) is 21.9 Å². The standard InChI is InChI=1S/C15H22N2O2S2/c1-11-2-3-13(21-11)9-16-14(18)17-12-4-6-19-15(8-12)5-7-20-10-15/h2-3,12H,4-10H2,1H3,(H2,16,17,18)/t12-,15-/m1/s1. The molecule has 0 aromatic carbocycles. The average Bonchev–Trinajstić information content (AvgIpc) is 3.06. The van der Waals surface area contributed by atoms with E-state index >= 15 is 0 Å². The molecule has 0 radical (unpaired) electrons. The number of urea groups is 1. The van der Waals surface area contributed by atoms with Gasteiger partial charge in [0.1, 0.15) is 0 Å². The molecule has 1 spiro atoms. The van der Waals surface area contributed by atoms with Crippen molar-refractivity contribution in [3.8, 4) is 0 Å². The minimum Gasteiger partial charge on any atom is -0.374 e. The van der Waals surface area contributed by atoms with Crippen molar-refractivity contribution in [2.24, 2.45) is 0 Å². The molecule has 4 nitrogen and oxygen atoms in total. The van der Waals surface area contributed by atoms with Gasteiger partial charge in [-0.3, -0.25) is 0 Å². The third kappa shape index (κ3) is 3.93. The maximum atomic E-state index is 12.0. The van der Waals surface area contributed by atoms with Gasteiger partial charge in [0, 0.05) is 28.2 Å². The molecule has 2 fully saturated rings. The highest BCUT2D eigenvalue weighted by Gasteiger charge is 2.40. The monoisotopic (exact) mass is 326 g/mol. The molecule has 21 heavy (non-hydrogen) atoms. The number of rotatable bonds is 3. The summed E-state index contributed by atoms with van der Waals surface area (Å²) in [5.41, 5.74) is 0.0196. The number of hydrogen-bond donors (Lipinski definition) is 2. The van der Waals surface area contributed by atoms with Crippen molar-refractivity contribution in [2.75, 3.05) is 18.1 Å². The Balaban J connectivity index is 1.46. The molecule has 6 heteroatoms. The average molecular weight is 326 g/mol. The zero-order chi connectivity index (χ0) is 14.7. The zero-order valence-electron chi connectivity index (χ0n) is 12.3. The van der Waals surface area contributed by atoms with Crippen molar-refractivity contribution in [1.82, 2.24) is 10.6 Å². The van der Waals surface area contributed by atoms with Gasteiger partial charge in [0.25, 0.3) is 0 Å².